The van der Waals surface area contributed by atoms with Gasteiger partial charge in [0.25, 0.3) is 0 Å². The van der Waals surface area contributed by atoms with Crippen molar-refractivity contribution >= 4 is 23.4 Å². The molecule has 2 aromatic rings. The number of pyridine rings is 1. The first-order valence-electron chi connectivity index (χ1n) is 5.43. The number of nitrogens with one attached hydrogen (secondary N) is 1. The van der Waals surface area contributed by atoms with Gasteiger partial charge in [0.15, 0.2) is 18.2 Å². The zero-order chi connectivity index (χ0) is 13.7. The molecule has 0 aliphatic rings. The maximum atomic E-state index is 11.7. The van der Waals surface area contributed by atoms with E-state index in [1.54, 1.807) is 48.8 Å². The fraction of sp³-hybridized carbons (Fsp3) is 0. The van der Waals surface area contributed by atoms with E-state index in [0.29, 0.717) is 16.1 Å². The van der Waals surface area contributed by atoms with Crippen molar-refractivity contribution in [2.75, 3.05) is 0 Å². The van der Waals surface area contributed by atoms with E-state index in [0.717, 1.165) is 0 Å². The van der Waals surface area contributed by atoms with Crippen molar-refractivity contribution in [3.63, 3.8) is 0 Å². The van der Waals surface area contributed by atoms with Crippen molar-refractivity contribution < 1.29 is 14.6 Å². The molecule has 0 amide bonds. The molecule has 0 fully saturated rings. The second-order valence-corrected chi connectivity index (χ2v) is 4.09. The molecule has 0 aliphatic carbocycles. The van der Waals surface area contributed by atoms with E-state index >= 15 is 0 Å². The predicted molar refractivity (Wildman–Crippen MR) is 70.6 cm³/mol. The molecule has 3 N–H and O–H groups in total. The Morgan fingerprint density at radius 1 is 1.21 bits per heavy atom. The van der Waals surface area contributed by atoms with Crippen LogP contribution in [0.15, 0.2) is 53.9 Å². The predicted octanol–water partition coefficient (Wildman–Crippen LogP) is 1.63. The van der Waals surface area contributed by atoms with Crippen molar-refractivity contribution in [3.05, 3.63) is 64.9 Å². The fourth-order valence-corrected chi connectivity index (χ4v) is 1.46. The van der Waals surface area contributed by atoms with Gasteiger partial charge in [0.2, 0.25) is 0 Å². The van der Waals surface area contributed by atoms with Gasteiger partial charge in [0, 0.05) is 11.1 Å². The van der Waals surface area contributed by atoms with Crippen LogP contribution in [-0.4, -0.2) is 11.8 Å². The lowest BCUT2D eigenvalue weighted by Gasteiger charge is -1.99. The smallest absolute Gasteiger partial charge is 0.365 e. The summed E-state index contributed by atoms with van der Waals surface area (Å²) >= 11 is 5.72. The summed E-state index contributed by atoms with van der Waals surface area (Å²) in [5.74, 6) is -0.487. The first-order valence-corrected chi connectivity index (χ1v) is 5.81. The first kappa shape index (κ1) is 13.0. The van der Waals surface area contributed by atoms with Gasteiger partial charge >= 0.3 is 5.97 Å². The minimum absolute atomic E-state index is 0.110. The van der Waals surface area contributed by atoms with Crippen molar-refractivity contribution in [2.24, 2.45) is 10.9 Å². The van der Waals surface area contributed by atoms with Crippen LogP contribution in [0.3, 0.4) is 0 Å². The Morgan fingerprint density at radius 3 is 2.58 bits per heavy atom. The van der Waals surface area contributed by atoms with E-state index in [1.807, 2.05) is 0 Å². The number of aromatic amines is 1. The van der Waals surface area contributed by atoms with E-state index in [9.17, 15) is 4.79 Å². The number of hydrogen-bond donors (Lipinski definition) is 1. The zero-order valence-electron chi connectivity index (χ0n) is 9.84. The van der Waals surface area contributed by atoms with Gasteiger partial charge in [-0.3, -0.25) is 0 Å². The van der Waals surface area contributed by atoms with Gasteiger partial charge in [-0.15, -0.1) is 0 Å². The van der Waals surface area contributed by atoms with Crippen LogP contribution in [0.5, 0.6) is 0 Å². The summed E-state index contributed by atoms with van der Waals surface area (Å²) in [4.78, 5) is 19.3. The molecule has 0 radical (unpaired) electrons. The standard InChI is InChI=1S/C13H10ClN3O2/c14-11-5-3-9(4-6-11)13(18)19-17-12(15)10-2-1-7-16-8-10/h1-8H,(H2,15,17)/p+1. The van der Waals surface area contributed by atoms with E-state index in [2.05, 4.69) is 10.1 Å². The average Bonchev–Trinajstić information content (AvgIpc) is 2.46. The maximum Gasteiger partial charge on any atom is 0.365 e. The summed E-state index contributed by atoms with van der Waals surface area (Å²) in [5, 5.41) is 4.13. The number of halogens is 1. The van der Waals surface area contributed by atoms with Gasteiger partial charge in [-0.1, -0.05) is 16.8 Å². The van der Waals surface area contributed by atoms with Crippen LogP contribution in [0.2, 0.25) is 5.02 Å². The van der Waals surface area contributed by atoms with Crippen LogP contribution in [0.4, 0.5) is 0 Å². The highest BCUT2D eigenvalue weighted by Crippen LogP contribution is 2.10. The summed E-state index contributed by atoms with van der Waals surface area (Å²) < 4.78 is 0. The van der Waals surface area contributed by atoms with Crippen molar-refractivity contribution in [2.45, 2.75) is 0 Å². The molecule has 1 aromatic carbocycles. The summed E-state index contributed by atoms with van der Waals surface area (Å²) in [6.07, 6.45) is 3.38. The molecule has 96 valence electrons. The third kappa shape index (κ3) is 3.53. The number of carbonyl (C=O) groups excluding carboxylic acids is 1. The van der Waals surface area contributed by atoms with Crippen LogP contribution in [0.1, 0.15) is 15.9 Å². The summed E-state index contributed by atoms with van der Waals surface area (Å²) in [5.41, 5.74) is 6.66. The Kier molecular flexibility index (Phi) is 4.10. The Balaban J connectivity index is 2.06. The number of benzene rings is 1. The van der Waals surface area contributed by atoms with E-state index < -0.39 is 5.97 Å². The third-order valence-electron chi connectivity index (χ3n) is 2.31. The Morgan fingerprint density at radius 2 is 1.95 bits per heavy atom. The van der Waals surface area contributed by atoms with Crippen LogP contribution in [0, 0.1) is 0 Å². The lowest BCUT2D eigenvalue weighted by molar-refractivity contribution is -0.378. The molecule has 1 heterocycles. The number of aromatic nitrogens is 1. The van der Waals surface area contributed by atoms with E-state index in [1.165, 1.54) is 0 Å². The Hall–Kier alpha value is -2.40. The monoisotopic (exact) mass is 276 g/mol. The molecule has 0 aliphatic heterocycles. The number of amidine groups is 1. The van der Waals surface area contributed by atoms with Gasteiger partial charge in [0.05, 0.1) is 11.1 Å². The molecule has 0 bridgehead atoms. The molecule has 19 heavy (non-hydrogen) atoms. The Labute approximate surface area is 114 Å². The summed E-state index contributed by atoms with van der Waals surface area (Å²) in [6.45, 7) is 0. The van der Waals surface area contributed by atoms with Gasteiger partial charge in [-0.2, -0.15) is 0 Å². The molecule has 2 rings (SSSR count). The molecular formula is C13H11ClN3O2+. The van der Waals surface area contributed by atoms with Gasteiger partial charge in [-0.05, 0) is 30.3 Å². The maximum absolute atomic E-state index is 11.7. The van der Waals surface area contributed by atoms with E-state index in [-0.39, 0.29) is 5.84 Å². The average molecular weight is 277 g/mol. The summed E-state index contributed by atoms with van der Waals surface area (Å²) in [6, 6.07) is 9.79. The molecule has 0 saturated carbocycles. The zero-order valence-corrected chi connectivity index (χ0v) is 10.6. The molecular weight excluding hydrogens is 266 g/mol. The fourth-order valence-electron chi connectivity index (χ4n) is 1.33. The highest BCUT2D eigenvalue weighted by molar-refractivity contribution is 6.30. The van der Waals surface area contributed by atoms with Crippen molar-refractivity contribution in [1.29, 1.82) is 0 Å². The minimum atomic E-state index is -0.598. The topological polar surface area (TPSA) is 78.8 Å². The number of carbonyl (C=O) groups is 1. The SMILES string of the molecule is NC(=NOC(=O)c1ccc(Cl)cc1)c1ccc[nH+]c1. The number of H-pyrrole nitrogens is 1. The second-order valence-electron chi connectivity index (χ2n) is 3.65. The molecule has 0 spiro atoms. The quantitative estimate of drug-likeness (QED) is 0.400. The molecule has 0 saturated heterocycles. The lowest BCUT2D eigenvalue weighted by atomic mass is 10.2. The minimum Gasteiger partial charge on any atom is -0.380 e. The molecule has 0 unspecified atom stereocenters. The van der Waals surface area contributed by atoms with Crippen LogP contribution >= 0.6 is 11.6 Å². The Bertz CT molecular complexity index is 597. The molecule has 6 heteroatoms. The lowest BCUT2D eigenvalue weighted by Crippen LogP contribution is -2.17. The first-order chi connectivity index (χ1) is 9.16. The van der Waals surface area contributed by atoms with Crippen LogP contribution in [0.25, 0.3) is 0 Å². The second kappa shape index (κ2) is 5.97. The number of rotatable bonds is 3. The van der Waals surface area contributed by atoms with Gasteiger partial charge < -0.3 is 10.6 Å². The number of oxime groups is 1. The number of hydrogen-bond acceptors (Lipinski definition) is 3. The van der Waals surface area contributed by atoms with E-state index in [4.69, 9.17) is 22.2 Å². The number of nitrogens with two attached hydrogens (primary N) is 1. The summed E-state index contributed by atoms with van der Waals surface area (Å²) in [7, 11) is 0. The molecule has 5 nitrogen and oxygen atoms in total. The third-order valence-corrected chi connectivity index (χ3v) is 2.56. The molecule has 1 aromatic heterocycles. The number of nitrogens with zero attached hydrogens (tertiary/aromatic N) is 1. The highest BCUT2D eigenvalue weighted by atomic mass is 35.5. The van der Waals surface area contributed by atoms with Crippen LogP contribution < -0.4 is 10.7 Å². The van der Waals surface area contributed by atoms with Gasteiger partial charge in [0.1, 0.15) is 0 Å². The normalized spacial score (nSPS) is 11.1. The highest BCUT2D eigenvalue weighted by Gasteiger charge is 2.08. The largest absolute Gasteiger partial charge is 0.380 e. The van der Waals surface area contributed by atoms with Gasteiger partial charge in [-0.25, -0.2) is 9.78 Å². The molecule has 0 atom stereocenters. The van der Waals surface area contributed by atoms with Crippen LogP contribution in [-0.2, 0) is 4.84 Å². The van der Waals surface area contributed by atoms with Crippen molar-refractivity contribution in [1.82, 2.24) is 0 Å². The van der Waals surface area contributed by atoms with Crippen molar-refractivity contribution in [3.8, 4) is 0 Å².